The third kappa shape index (κ3) is 3.45. The zero-order chi connectivity index (χ0) is 13.7. The van der Waals surface area contributed by atoms with Crippen molar-refractivity contribution in [1.82, 2.24) is 10.6 Å². The second-order valence-electron chi connectivity index (χ2n) is 4.39. The van der Waals surface area contributed by atoms with Crippen LogP contribution in [0.3, 0.4) is 0 Å². The predicted molar refractivity (Wildman–Crippen MR) is 61.7 cm³/mol. The van der Waals surface area contributed by atoms with E-state index < -0.39 is 23.9 Å². The highest BCUT2D eigenvalue weighted by Gasteiger charge is 2.31. The van der Waals surface area contributed by atoms with Crippen LogP contribution in [0.4, 0.5) is 0 Å². The fraction of sp³-hybridized carbons (Fsp3) is 0.636. The van der Waals surface area contributed by atoms with Crippen LogP contribution in [0.1, 0.15) is 26.2 Å². The summed E-state index contributed by atoms with van der Waals surface area (Å²) in [6.07, 6.45) is 0.820. The molecule has 1 fully saturated rings. The van der Waals surface area contributed by atoms with E-state index in [1.54, 1.807) is 6.92 Å². The molecule has 0 aromatic rings. The summed E-state index contributed by atoms with van der Waals surface area (Å²) in [6.45, 7) is 1.66. The number of nitriles is 1. The second-order valence-corrected chi connectivity index (χ2v) is 4.39. The molecule has 0 spiro atoms. The van der Waals surface area contributed by atoms with Gasteiger partial charge >= 0.3 is 0 Å². The lowest BCUT2D eigenvalue weighted by molar-refractivity contribution is -0.130. The Bertz CT molecular complexity index is 402. The molecule has 0 aliphatic carbocycles. The first-order valence-corrected chi connectivity index (χ1v) is 5.71. The third-order valence-electron chi connectivity index (χ3n) is 2.90. The molecule has 0 saturated carbocycles. The molecule has 7 nitrogen and oxygen atoms in total. The predicted octanol–water partition coefficient (Wildman–Crippen LogP) is -1.22. The lowest BCUT2D eigenvalue weighted by atomic mass is 9.98. The van der Waals surface area contributed by atoms with E-state index in [2.05, 4.69) is 10.6 Å². The van der Waals surface area contributed by atoms with Gasteiger partial charge in [0.05, 0.1) is 6.07 Å². The quantitative estimate of drug-likeness (QED) is 0.567. The summed E-state index contributed by atoms with van der Waals surface area (Å²) in [6, 6.07) is 0.413. The first-order valence-electron chi connectivity index (χ1n) is 5.71. The maximum atomic E-state index is 11.8. The van der Waals surface area contributed by atoms with Crippen LogP contribution < -0.4 is 16.4 Å². The van der Waals surface area contributed by atoms with E-state index in [0.29, 0.717) is 12.8 Å². The van der Waals surface area contributed by atoms with Gasteiger partial charge in [0.2, 0.25) is 17.7 Å². The number of rotatable bonds is 5. The van der Waals surface area contributed by atoms with E-state index >= 15 is 0 Å². The van der Waals surface area contributed by atoms with Crippen LogP contribution in [0, 0.1) is 17.2 Å². The molecule has 1 aliphatic rings. The molecule has 1 rings (SSSR count). The van der Waals surface area contributed by atoms with E-state index in [-0.39, 0.29) is 18.2 Å². The number of primary amides is 1. The average molecular weight is 252 g/mol. The molecule has 0 radical (unpaired) electrons. The number of nitrogens with zero attached hydrogens (tertiary/aromatic N) is 1. The molecule has 3 atom stereocenters. The molecular weight excluding hydrogens is 236 g/mol. The van der Waals surface area contributed by atoms with Crippen LogP contribution in [-0.4, -0.2) is 29.8 Å². The Morgan fingerprint density at radius 1 is 1.67 bits per heavy atom. The average Bonchev–Trinajstić information content (AvgIpc) is 2.72. The Labute approximate surface area is 105 Å². The van der Waals surface area contributed by atoms with Crippen molar-refractivity contribution in [1.29, 1.82) is 5.26 Å². The van der Waals surface area contributed by atoms with Crippen LogP contribution in [0.15, 0.2) is 0 Å². The minimum Gasteiger partial charge on any atom is -0.368 e. The van der Waals surface area contributed by atoms with Crippen molar-refractivity contribution in [3.8, 4) is 6.07 Å². The first kappa shape index (κ1) is 14.0. The van der Waals surface area contributed by atoms with Gasteiger partial charge in [-0.2, -0.15) is 5.26 Å². The highest BCUT2D eigenvalue weighted by molar-refractivity contribution is 5.93. The molecule has 4 N–H and O–H groups in total. The summed E-state index contributed by atoms with van der Waals surface area (Å²) in [5.41, 5.74) is 5.19. The highest BCUT2D eigenvalue weighted by Crippen LogP contribution is 2.10. The highest BCUT2D eigenvalue weighted by atomic mass is 16.2. The van der Waals surface area contributed by atoms with Crippen molar-refractivity contribution < 1.29 is 14.4 Å². The van der Waals surface area contributed by atoms with Gasteiger partial charge in [-0.05, 0) is 12.3 Å². The summed E-state index contributed by atoms with van der Waals surface area (Å²) in [5, 5.41) is 13.6. The van der Waals surface area contributed by atoms with Gasteiger partial charge in [0, 0.05) is 12.8 Å². The fourth-order valence-electron chi connectivity index (χ4n) is 1.82. The van der Waals surface area contributed by atoms with Crippen molar-refractivity contribution in [3.63, 3.8) is 0 Å². The zero-order valence-corrected chi connectivity index (χ0v) is 10.1. The topological polar surface area (TPSA) is 125 Å². The molecule has 98 valence electrons. The monoisotopic (exact) mass is 252 g/mol. The van der Waals surface area contributed by atoms with Crippen LogP contribution in [0.25, 0.3) is 0 Å². The van der Waals surface area contributed by atoms with Gasteiger partial charge in [-0.25, -0.2) is 0 Å². The van der Waals surface area contributed by atoms with Crippen molar-refractivity contribution in [3.05, 3.63) is 0 Å². The molecule has 0 bridgehead atoms. The fourth-order valence-corrected chi connectivity index (χ4v) is 1.82. The van der Waals surface area contributed by atoms with Gasteiger partial charge in [0.15, 0.2) is 0 Å². The van der Waals surface area contributed by atoms with E-state index in [9.17, 15) is 14.4 Å². The molecule has 0 unspecified atom stereocenters. The molecule has 1 heterocycles. The smallest absolute Gasteiger partial charge is 0.243 e. The summed E-state index contributed by atoms with van der Waals surface area (Å²) in [4.78, 5) is 34.0. The van der Waals surface area contributed by atoms with Gasteiger partial charge in [0.1, 0.15) is 12.1 Å². The van der Waals surface area contributed by atoms with Gasteiger partial charge in [0.25, 0.3) is 0 Å². The lowest BCUT2D eigenvalue weighted by Crippen LogP contribution is -2.53. The van der Waals surface area contributed by atoms with E-state index in [0.717, 1.165) is 0 Å². The number of hydrogen-bond donors (Lipinski definition) is 3. The van der Waals surface area contributed by atoms with Crippen LogP contribution in [0.5, 0.6) is 0 Å². The van der Waals surface area contributed by atoms with E-state index in [1.807, 2.05) is 6.07 Å². The molecular formula is C11H16N4O3. The molecule has 0 aromatic carbocycles. The molecule has 18 heavy (non-hydrogen) atoms. The Morgan fingerprint density at radius 2 is 2.33 bits per heavy atom. The van der Waals surface area contributed by atoms with Crippen molar-refractivity contribution in [2.75, 3.05) is 0 Å². The maximum Gasteiger partial charge on any atom is 0.243 e. The maximum absolute atomic E-state index is 11.8. The Hall–Kier alpha value is -2.10. The Kier molecular flexibility index (Phi) is 4.66. The second kappa shape index (κ2) is 6.00. The van der Waals surface area contributed by atoms with Gasteiger partial charge in [-0.3, -0.25) is 14.4 Å². The molecule has 7 heteroatoms. The number of hydrogen-bond acceptors (Lipinski definition) is 4. The van der Waals surface area contributed by atoms with Crippen molar-refractivity contribution in [2.45, 2.75) is 38.3 Å². The largest absolute Gasteiger partial charge is 0.368 e. The van der Waals surface area contributed by atoms with Crippen LogP contribution in [-0.2, 0) is 14.4 Å². The molecule has 1 aliphatic heterocycles. The number of nitrogens with one attached hydrogen (secondary N) is 2. The normalized spacial score (nSPS) is 21.6. The number of nitrogens with two attached hydrogens (primary N) is 1. The minimum absolute atomic E-state index is 0.116. The first-order chi connectivity index (χ1) is 8.45. The minimum atomic E-state index is -0.894. The summed E-state index contributed by atoms with van der Waals surface area (Å²) in [7, 11) is 0. The third-order valence-corrected chi connectivity index (χ3v) is 2.90. The number of amides is 3. The van der Waals surface area contributed by atoms with Crippen LogP contribution >= 0.6 is 0 Å². The van der Waals surface area contributed by atoms with Gasteiger partial charge < -0.3 is 16.4 Å². The molecule has 1 saturated heterocycles. The number of carbonyl (C=O) groups is 3. The van der Waals surface area contributed by atoms with Crippen LogP contribution in [0.2, 0.25) is 0 Å². The Balaban J connectivity index is 2.61. The summed E-state index contributed by atoms with van der Waals surface area (Å²) >= 11 is 0. The van der Waals surface area contributed by atoms with Gasteiger partial charge in [-0.15, -0.1) is 0 Å². The van der Waals surface area contributed by atoms with Crippen molar-refractivity contribution in [2.24, 2.45) is 11.7 Å². The standard InChI is InChI=1S/C11H16N4O3/c1-6(4-5-12)9(10(13)17)15-11(18)7-2-3-8(16)14-7/h6-7,9H,2-4H2,1H3,(H2,13,17)(H,14,16)(H,15,18)/t6-,7+,9+/m1/s1. The van der Waals surface area contributed by atoms with Gasteiger partial charge in [-0.1, -0.05) is 6.92 Å². The molecule has 3 amide bonds. The lowest BCUT2D eigenvalue weighted by Gasteiger charge is -2.22. The van der Waals surface area contributed by atoms with E-state index in [4.69, 9.17) is 11.0 Å². The van der Waals surface area contributed by atoms with Crippen molar-refractivity contribution >= 4 is 17.7 Å². The molecule has 0 aromatic heterocycles. The zero-order valence-electron chi connectivity index (χ0n) is 10.1. The summed E-state index contributed by atoms with van der Waals surface area (Å²) in [5.74, 6) is -1.67. The number of carbonyl (C=O) groups excluding carboxylic acids is 3. The SMILES string of the molecule is C[C@H](CC#N)[C@H](NC(=O)[C@@H]1CCC(=O)N1)C(N)=O. The van der Waals surface area contributed by atoms with E-state index in [1.165, 1.54) is 0 Å². The summed E-state index contributed by atoms with van der Waals surface area (Å²) < 4.78 is 0. The Morgan fingerprint density at radius 3 is 2.78 bits per heavy atom.